The van der Waals surface area contributed by atoms with E-state index in [1.165, 1.54) is 5.39 Å². The van der Waals surface area contributed by atoms with E-state index in [2.05, 4.69) is 51.0 Å². The molecule has 5 aromatic rings. The Bertz CT molecular complexity index is 1570. The maximum Gasteiger partial charge on any atom is 0.311 e. The van der Waals surface area contributed by atoms with Crippen molar-refractivity contribution in [2.45, 2.75) is 32.6 Å². The van der Waals surface area contributed by atoms with E-state index in [0.29, 0.717) is 23.4 Å². The molecule has 0 saturated carbocycles. The quantitative estimate of drug-likeness (QED) is 0.0496. The van der Waals surface area contributed by atoms with Gasteiger partial charge in [-0.2, -0.15) is 6.20 Å². The van der Waals surface area contributed by atoms with Crippen LogP contribution < -0.4 is 9.72 Å². The van der Waals surface area contributed by atoms with Crippen LogP contribution in [0.5, 0.6) is 5.75 Å². The molecule has 0 aliphatic carbocycles. The number of halogens is 1. The first kappa shape index (κ1) is 31.9. The summed E-state index contributed by atoms with van der Waals surface area (Å²) < 4.78 is 6.28. The molecule has 5 rings (SSSR count). The van der Waals surface area contributed by atoms with Gasteiger partial charge in [0.2, 0.25) is 0 Å². The summed E-state index contributed by atoms with van der Waals surface area (Å²) in [6.07, 6.45) is 12.0. The zero-order valence-electron chi connectivity index (χ0n) is 22.6. The third-order valence-corrected chi connectivity index (χ3v) is 6.52. The maximum absolute atomic E-state index is 12.0. The SMILES string of the molecule is Brc1ccc2ccnc(C=[C-]c3ccccc3)c2c1.CCCCCC(=O)Oc1ccc(C(=O)c2ccc[n-]2)cc1.[Ir]. The summed E-state index contributed by atoms with van der Waals surface area (Å²) in [5, 5.41) is 2.31. The van der Waals surface area contributed by atoms with Gasteiger partial charge in [-0.1, -0.05) is 65.7 Å². The Balaban J connectivity index is 0.000000221. The number of ketones is 1. The fourth-order valence-corrected chi connectivity index (χ4v) is 4.28. The van der Waals surface area contributed by atoms with Gasteiger partial charge in [-0.25, -0.2) is 0 Å². The van der Waals surface area contributed by atoms with Crippen LogP contribution in [-0.4, -0.2) is 16.7 Å². The van der Waals surface area contributed by atoms with Gasteiger partial charge in [0.1, 0.15) is 5.75 Å². The molecule has 7 heteroatoms. The Kier molecular flexibility index (Phi) is 12.9. The van der Waals surface area contributed by atoms with E-state index >= 15 is 0 Å². The Morgan fingerprint density at radius 2 is 1.73 bits per heavy atom. The van der Waals surface area contributed by atoms with Crippen LogP contribution in [-0.2, 0) is 24.9 Å². The number of rotatable bonds is 9. The van der Waals surface area contributed by atoms with Crippen LogP contribution in [0.1, 0.15) is 59.9 Å². The molecule has 0 atom stereocenters. The zero-order valence-corrected chi connectivity index (χ0v) is 26.5. The molecular formula is C34H29BrIrN2O3-2. The Hall–Kier alpha value is -3.64. The molecule has 0 aliphatic heterocycles. The van der Waals surface area contributed by atoms with Crippen LogP contribution in [0.4, 0.5) is 0 Å². The molecule has 5 nitrogen and oxygen atoms in total. The van der Waals surface area contributed by atoms with Crippen molar-refractivity contribution in [3.63, 3.8) is 0 Å². The molecule has 1 radical (unpaired) electrons. The molecule has 0 saturated heterocycles. The van der Waals surface area contributed by atoms with Gasteiger partial charge in [-0.3, -0.25) is 9.59 Å². The van der Waals surface area contributed by atoms with Crippen LogP contribution >= 0.6 is 15.9 Å². The van der Waals surface area contributed by atoms with Gasteiger partial charge in [0.05, 0.1) is 0 Å². The van der Waals surface area contributed by atoms with Crippen LogP contribution in [0.2, 0.25) is 0 Å². The predicted octanol–water partition coefficient (Wildman–Crippen LogP) is 8.22. The Labute approximate surface area is 262 Å². The summed E-state index contributed by atoms with van der Waals surface area (Å²) in [5.74, 6) is 0.0876. The molecule has 0 N–H and O–H groups in total. The van der Waals surface area contributed by atoms with Gasteiger partial charge in [0, 0.05) is 42.8 Å². The van der Waals surface area contributed by atoms with Crippen LogP contribution in [0, 0.1) is 6.08 Å². The van der Waals surface area contributed by atoms with Gasteiger partial charge in [0.25, 0.3) is 0 Å². The number of esters is 1. The zero-order chi connectivity index (χ0) is 28.2. The molecule has 0 fully saturated rings. The second-order valence-corrected chi connectivity index (χ2v) is 9.94. The van der Waals surface area contributed by atoms with Crippen molar-refractivity contribution < 1.29 is 34.4 Å². The number of fused-ring (bicyclic) bond motifs is 1. The standard InChI is InChI=1S/C17H11BrN.C17H19NO3.Ir/c18-15-8-7-14-10-11-19-17(16(14)12-15)9-6-13-4-2-1-3-5-13;1-2-3-4-7-16(19)21-14-10-8-13(9-11-14)17(20)15-6-5-12-18-15;/h1-5,7-12H;5-6,8-12H,2-4,7H2,1H3,(H,18,20);/q-1;;/p-1. The van der Waals surface area contributed by atoms with E-state index in [9.17, 15) is 9.59 Å². The average molecular weight is 786 g/mol. The fraction of sp³-hybridized carbons (Fsp3) is 0.147. The van der Waals surface area contributed by atoms with Crippen molar-refractivity contribution in [3.05, 3.63) is 136 Å². The largest absolute Gasteiger partial charge is 0.661 e. The number of unbranched alkanes of at least 4 members (excludes halogenated alkanes) is 2. The molecule has 211 valence electrons. The Morgan fingerprint density at radius 3 is 2.44 bits per heavy atom. The minimum Gasteiger partial charge on any atom is -0.661 e. The minimum atomic E-state index is -0.236. The number of carbonyl (C=O) groups is 2. The minimum absolute atomic E-state index is 0. The van der Waals surface area contributed by atoms with E-state index in [0.717, 1.165) is 40.4 Å². The number of hydrogen-bond acceptors (Lipinski definition) is 4. The molecule has 0 unspecified atom stereocenters. The van der Waals surface area contributed by atoms with E-state index in [-0.39, 0.29) is 31.9 Å². The first-order valence-corrected chi connectivity index (χ1v) is 13.9. The second kappa shape index (κ2) is 16.6. The summed E-state index contributed by atoms with van der Waals surface area (Å²) in [4.78, 5) is 32.0. The Morgan fingerprint density at radius 1 is 0.951 bits per heavy atom. The van der Waals surface area contributed by atoms with Gasteiger partial charge in [-0.15, -0.1) is 42.0 Å². The first-order valence-electron chi connectivity index (χ1n) is 13.2. The van der Waals surface area contributed by atoms with Crippen molar-refractivity contribution in [1.82, 2.24) is 9.97 Å². The van der Waals surface area contributed by atoms with Crippen molar-refractivity contribution in [1.29, 1.82) is 0 Å². The monoisotopic (exact) mass is 785 g/mol. The number of nitrogens with zero attached hydrogens (tertiary/aromatic N) is 2. The maximum atomic E-state index is 12.0. The van der Waals surface area contributed by atoms with Crippen LogP contribution in [0.15, 0.2) is 108 Å². The van der Waals surface area contributed by atoms with Gasteiger partial charge >= 0.3 is 5.97 Å². The van der Waals surface area contributed by atoms with Crippen molar-refractivity contribution in [2.75, 3.05) is 0 Å². The number of ether oxygens (including phenoxy) is 1. The number of pyridine rings is 1. The molecule has 0 spiro atoms. The van der Waals surface area contributed by atoms with E-state index < -0.39 is 0 Å². The van der Waals surface area contributed by atoms with Gasteiger partial charge in [0.15, 0.2) is 5.78 Å². The second-order valence-electron chi connectivity index (χ2n) is 9.02. The summed E-state index contributed by atoms with van der Waals surface area (Å²) >= 11 is 3.50. The molecule has 2 heterocycles. The van der Waals surface area contributed by atoms with E-state index in [1.807, 2.05) is 54.7 Å². The molecule has 3 aromatic carbocycles. The van der Waals surface area contributed by atoms with Crippen LogP contribution in [0.25, 0.3) is 16.8 Å². The smallest absolute Gasteiger partial charge is 0.311 e. The van der Waals surface area contributed by atoms with Crippen molar-refractivity contribution >= 4 is 44.5 Å². The molecule has 2 aromatic heterocycles. The fourth-order valence-electron chi connectivity index (χ4n) is 3.92. The first-order chi connectivity index (χ1) is 19.5. The molecule has 0 amide bonds. The number of benzene rings is 3. The van der Waals surface area contributed by atoms with E-state index in [4.69, 9.17) is 4.74 Å². The molecule has 0 aliphatic rings. The molecule has 41 heavy (non-hydrogen) atoms. The summed E-state index contributed by atoms with van der Waals surface area (Å²) in [6, 6.07) is 28.2. The topological polar surface area (TPSA) is 70.4 Å². The average Bonchev–Trinajstić information content (AvgIpc) is 3.52. The third kappa shape index (κ3) is 9.75. The van der Waals surface area contributed by atoms with Crippen molar-refractivity contribution in [2.24, 2.45) is 0 Å². The number of hydrogen-bond donors (Lipinski definition) is 0. The van der Waals surface area contributed by atoms with E-state index in [1.54, 1.807) is 42.6 Å². The van der Waals surface area contributed by atoms with Gasteiger partial charge < -0.3 is 14.7 Å². The third-order valence-electron chi connectivity index (χ3n) is 6.03. The summed E-state index contributed by atoms with van der Waals surface area (Å²) in [7, 11) is 0. The van der Waals surface area contributed by atoms with Crippen LogP contribution in [0.3, 0.4) is 0 Å². The summed E-state index contributed by atoms with van der Waals surface area (Å²) in [6.45, 7) is 2.09. The summed E-state index contributed by atoms with van der Waals surface area (Å²) in [5.41, 5.74) is 2.93. The van der Waals surface area contributed by atoms with Gasteiger partial charge in [-0.05, 0) is 65.4 Å². The number of carbonyl (C=O) groups excluding carboxylic acids is 2. The predicted molar refractivity (Wildman–Crippen MR) is 162 cm³/mol. The number of aromatic nitrogens is 2. The molecular weight excluding hydrogens is 757 g/mol. The van der Waals surface area contributed by atoms with Crippen molar-refractivity contribution in [3.8, 4) is 5.75 Å². The molecule has 0 bridgehead atoms. The normalized spacial score (nSPS) is 10.5.